The summed E-state index contributed by atoms with van der Waals surface area (Å²) < 4.78 is 10.5. The fraction of sp³-hybridized carbons (Fsp3) is 0.350. The van der Waals surface area contributed by atoms with Crippen molar-refractivity contribution in [2.75, 3.05) is 37.5 Å². The molecule has 1 saturated heterocycles. The van der Waals surface area contributed by atoms with Crippen LogP contribution in [0.15, 0.2) is 36.4 Å². The van der Waals surface area contributed by atoms with Crippen molar-refractivity contribution in [1.29, 1.82) is 0 Å². The molecule has 29 heavy (non-hydrogen) atoms. The van der Waals surface area contributed by atoms with E-state index in [0.29, 0.717) is 53.8 Å². The van der Waals surface area contributed by atoms with E-state index in [4.69, 9.17) is 21.1 Å². The van der Waals surface area contributed by atoms with Crippen molar-refractivity contribution in [3.8, 4) is 11.5 Å². The molecule has 0 saturated carbocycles. The molecule has 154 valence electrons. The maximum atomic E-state index is 12.8. The molecule has 1 aliphatic heterocycles. The summed E-state index contributed by atoms with van der Waals surface area (Å²) in [6.07, 6.45) is 1.18. The maximum Gasteiger partial charge on any atom is 0.292 e. The van der Waals surface area contributed by atoms with Crippen LogP contribution in [-0.4, -0.2) is 38.1 Å². The molecule has 0 spiro atoms. The summed E-state index contributed by atoms with van der Waals surface area (Å²) >= 11 is 6.10. The molecular formula is C20H22ClN3O5. The van der Waals surface area contributed by atoms with Crippen LogP contribution in [0.3, 0.4) is 0 Å². The number of nitrogens with one attached hydrogen (secondary N) is 1. The van der Waals surface area contributed by atoms with Gasteiger partial charge in [0.25, 0.3) is 5.69 Å². The van der Waals surface area contributed by atoms with Crippen LogP contribution in [0.5, 0.6) is 11.5 Å². The molecule has 0 radical (unpaired) electrons. The highest BCUT2D eigenvalue weighted by molar-refractivity contribution is 6.32. The molecule has 1 heterocycles. The third-order valence-corrected chi connectivity index (χ3v) is 5.31. The second kappa shape index (κ2) is 9.00. The summed E-state index contributed by atoms with van der Waals surface area (Å²) in [5.74, 6) is 0.547. The van der Waals surface area contributed by atoms with E-state index in [2.05, 4.69) is 5.32 Å². The number of carbonyl (C=O) groups excluding carboxylic acids is 1. The van der Waals surface area contributed by atoms with Crippen LogP contribution in [0, 0.1) is 16.0 Å². The number of methoxy groups -OCH3 is 2. The number of nitro groups is 1. The Hall–Kier alpha value is -3.00. The molecule has 0 aromatic heterocycles. The molecule has 0 atom stereocenters. The summed E-state index contributed by atoms with van der Waals surface area (Å²) in [4.78, 5) is 25.6. The highest BCUT2D eigenvalue weighted by Crippen LogP contribution is 2.37. The van der Waals surface area contributed by atoms with E-state index in [9.17, 15) is 14.9 Å². The van der Waals surface area contributed by atoms with Gasteiger partial charge in [0.2, 0.25) is 5.91 Å². The third-order valence-electron chi connectivity index (χ3n) is 5.02. The number of anilines is 2. The van der Waals surface area contributed by atoms with Gasteiger partial charge in [-0.15, -0.1) is 0 Å². The second-order valence-electron chi connectivity index (χ2n) is 6.68. The van der Waals surface area contributed by atoms with E-state index in [1.165, 1.54) is 20.3 Å². The number of hydrogen-bond acceptors (Lipinski definition) is 6. The van der Waals surface area contributed by atoms with E-state index >= 15 is 0 Å². The number of hydrogen-bond donors (Lipinski definition) is 1. The predicted molar refractivity (Wildman–Crippen MR) is 111 cm³/mol. The van der Waals surface area contributed by atoms with Crippen LogP contribution < -0.4 is 19.7 Å². The Balaban J connectivity index is 1.68. The Morgan fingerprint density at radius 1 is 1.17 bits per heavy atom. The number of ether oxygens (including phenoxy) is 2. The first kappa shape index (κ1) is 20.7. The van der Waals surface area contributed by atoms with Crippen molar-refractivity contribution < 1.29 is 19.2 Å². The Morgan fingerprint density at radius 2 is 1.83 bits per heavy atom. The zero-order valence-corrected chi connectivity index (χ0v) is 16.9. The number of nitrogens with zero attached hydrogens (tertiary/aromatic N) is 2. The van der Waals surface area contributed by atoms with Gasteiger partial charge in [-0.1, -0.05) is 23.7 Å². The average Bonchev–Trinajstić information content (AvgIpc) is 2.74. The Bertz CT molecular complexity index is 913. The fourth-order valence-corrected chi connectivity index (χ4v) is 3.69. The number of carbonyl (C=O) groups is 1. The van der Waals surface area contributed by atoms with Crippen LogP contribution >= 0.6 is 11.6 Å². The summed E-state index contributed by atoms with van der Waals surface area (Å²) in [6.45, 7) is 1.12. The maximum absolute atomic E-state index is 12.8. The Morgan fingerprint density at radius 3 is 2.45 bits per heavy atom. The summed E-state index contributed by atoms with van der Waals surface area (Å²) in [5.41, 5.74) is 1.15. The van der Waals surface area contributed by atoms with Crippen LogP contribution in [0.25, 0.3) is 0 Å². The van der Waals surface area contributed by atoms with Gasteiger partial charge in [-0.25, -0.2) is 0 Å². The lowest BCUT2D eigenvalue weighted by Gasteiger charge is -2.32. The Kier molecular flexibility index (Phi) is 6.43. The van der Waals surface area contributed by atoms with E-state index in [1.54, 1.807) is 30.3 Å². The molecule has 2 aromatic rings. The lowest BCUT2D eigenvalue weighted by molar-refractivity contribution is -0.384. The standard InChI is InChI=1S/C20H22ClN3O5/c1-28-18-12-15(19(29-2)11-14(18)21)22-20(25)13-7-9-23(10-8-13)16-5-3-4-6-17(16)24(26)27/h3-6,11-13H,7-10H2,1-2H3,(H,22,25). The molecule has 8 nitrogen and oxygen atoms in total. The van der Waals surface area contributed by atoms with Gasteiger partial charge in [0.15, 0.2) is 0 Å². The number of nitro benzene ring substituents is 1. The van der Waals surface area contributed by atoms with E-state index < -0.39 is 0 Å². The van der Waals surface area contributed by atoms with Crippen molar-refractivity contribution in [3.05, 3.63) is 51.5 Å². The van der Waals surface area contributed by atoms with Crippen LogP contribution in [0.1, 0.15) is 12.8 Å². The van der Waals surface area contributed by atoms with Crippen molar-refractivity contribution in [2.45, 2.75) is 12.8 Å². The van der Waals surface area contributed by atoms with Gasteiger partial charge < -0.3 is 19.7 Å². The number of para-hydroxylation sites is 2. The highest BCUT2D eigenvalue weighted by atomic mass is 35.5. The first-order chi connectivity index (χ1) is 13.9. The van der Waals surface area contributed by atoms with Gasteiger partial charge in [-0.2, -0.15) is 0 Å². The van der Waals surface area contributed by atoms with E-state index in [0.717, 1.165) is 0 Å². The molecule has 0 aliphatic carbocycles. The van der Waals surface area contributed by atoms with Gasteiger partial charge in [0.1, 0.15) is 17.2 Å². The first-order valence-corrected chi connectivity index (χ1v) is 9.53. The molecule has 9 heteroatoms. The van der Waals surface area contributed by atoms with Gasteiger partial charge in [0.05, 0.1) is 29.9 Å². The van der Waals surface area contributed by atoms with Crippen molar-refractivity contribution in [3.63, 3.8) is 0 Å². The summed E-state index contributed by atoms with van der Waals surface area (Å²) in [6, 6.07) is 9.88. The summed E-state index contributed by atoms with van der Waals surface area (Å²) in [7, 11) is 3.00. The minimum absolute atomic E-state index is 0.0772. The molecule has 0 unspecified atom stereocenters. The first-order valence-electron chi connectivity index (χ1n) is 9.15. The molecule has 1 N–H and O–H groups in total. The quantitative estimate of drug-likeness (QED) is 0.559. The number of rotatable bonds is 6. The molecule has 1 aliphatic rings. The van der Waals surface area contributed by atoms with Crippen molar-refractivity contribution in [2.24, 2.45) is 5.92 Å². The van der Waals surface area contributed by atoms with Crippen LogP contribution in [0.4, 0.5) is 17.1 Å². The van der Waals surface area contributed by atoms with Gasteiger partial charge in [0, 0.05) is 37.2 Å². The normalized spacial score (nSPS) is 14.4. The van der Waals surface area contributed by atoms with Crippen LogP contribution in [0.2, 0.25) is 5.02 Å². The number of benzene rings is 2. The zero-order valence-electron chi connectivity index (χ0n) is 16.2. The predicted octanol–water partition coefficient (Wildman–Crippen LogP) is 4.12. The van der Waals surface area contributed by atoms with Gasteiger partial charge in [-0.3, -0.25) is 14.9 Å². The minimum Gasteiger partial charge on any atom is -0.495 e. The van der Waals surface area contributed by atoms with E-state index in [-0.39, 0.29) is 22.4 Å². The third kappa shape index (κ3) is 4.54. The topological polar surface area (TPSA) is 93.9 Å². The second-order valence-corrected chi connectivity index (χ2v) is 7.09. The van der Waals surface area contributed by atoms with Gasteiger partial charge in [-0.05, 0) is 18.9 Å². The monoisotopic (exact) mass is 419 g/mol. The molecule has 1 fully saturated rings. The fourth-order valence-electron chi connectivity index (χ4n) is 3.46. The largest absolute Gasteiger partial charge is 0.495 e. The number of piperidine rings is 1. The SMILES string of the molecule is COc1cc(NC(=O)C2CCN(c3ccccc3[N+](=O)[O-])CC2)c(OC)cc1Cl. The molecule has 3 rings (SSSR count). The highest BCUT2D eigenvalue weighted by Gasteiger charge is 2.28. The number of halogens is 1. The zero-order chi connectivity index (χ0) is 21.0. The molecule has 1 amide bonds. The molecule has 0 bridgehead atoms. The van der Waals surface area contributed by atoms with Gasteiger partial charge >= 0.3 is 0 Å². The average molecular weight is 420 g/mol. The van der Waals surface area contributed by atoms with Crippen LogP contribution in [-0.2, 0) is 4.79 Å². The smallest absolute Gasteiger partial charge is 0.292 e. The lowest BCUT2D eigenvalue weighted by Crippen LogP contribution is -2.38. The lowest BCUT2D eigenvalue weighted by atomic mass is 9.95. The van der Waals surface area contributed by atoms with Crippen molar-refractivity contribution >= 4 is 34.6 Å². The molecule has 2 aromatic carbocycles. The summed E-state index contributed by atoms with van der Waals surface area (Å²) in [5, 5.41) is 14.5. The Labute approximate surface area is 173 Å². The van der Waals surface area contributed by atoms with E-state index in [1.807, 2.05) is 4.90 Å². The number of amides is 1. The molecular weight excluding hydrogens is 398 g/mol. The van der Waals surface area contributed by atoms with Crippen molar-refractivity contribution in [1.82, 2.24) is 0 Å². The minimum atomic E-state index is -0.381.